The number of aryl methyl sites for hydroxylation is 2. The molecule has 3 rings (SSSR count). The van der Waals surface area contributed by atoms with Crippen LogP contribution in [0.1, 0.15) is 41.1 Å². The molecular weight excluding hydrogens is 320 g/mol. The van der Waals surface area contributed by atoms with Gasteiger partial charge in [0, 0.05) is 35.5 Å². The summed E-state index contributed by atoms with van der Waals surface area (Å²) in [5.41, 5.74) is 1.33. The molecule has 0 aliphatic carbocycles. The van der Waals surface area contributed by atoms with Crippen molar-refractivity contribution in [3.63, 3.8) is 0 Å². The van der Waals surface area contributed by atoms with Gasteiger partial charge in [0.1, 0.15) is 18.0 Å². The summed E-state index contributed by atoms with van der Waals surface area (Å²) in [5.74, 6) is 2.14. The van der Waals surface area contributed by atoms with Gasteiger partial charge in [-0.15, -0.1) is 11.3 Å². The topological polar surface area (TPSA) is 61.3 Å². The van der Waals surface area contributed by atoms with Crippen molar-refractivity contribution in [3.05, 3.63) is 33.8 Å². The van der Waals surface area contributed by atoms with Crippen molar-refractivity contribution in [2.75, 3.05) is 29.9 Å². The summed E-state index contributed by atoms with van der Waals surface area (Å²) >= 11 is 1.83. The SMILES string of the molecule is Cc1cc(C(C)Nc2cc(N3CCCC(CO)C3)ncn2)c(C)s1. The van der Waals surface area contributed by atoms with E-state index in [0.29, 0.717) is 5.92 Å². The molecule has 2 atom stereocenters. The fraction of sp³-hybridized carbons (Fsp3) is 0.556. The molecule has 1 aliphatic heterocycles. The highest BCUT2D eigenvalue weighted by molar-refractivity contribution is 7.12. The van der Waals surface area contributed by atoms with Crippen LogP contribution in [0.25, 0.3) is 0 Å². The molecular formula is C18H26N4OS. The number of nitrogens with one attached hydrogen (secondary N) is 1. The van der Waals surface area contributed by atoms with Gasteiger partial charge < -0.3 is 15.3 Å². The van der Waals surface area contributed by atoms with Gasteiger partial charge in [-0.1, -0.05) is 0 Å². The predicted octanol–water partition coefficient (Wildman–Crippen LogP) is 3.54. The van der Waals surface area contributed by atoms with Gasteiger partial charge in [0.25, 0.3) is 0 Å². The Balaban J connectivity index is 1.72. The van der Waals surface area contributed by atoms with Crippen LogP contribution in [0, 0.1) is 19.8 Å². The number of hydrogen-bond acceptors (Lipinski definition) is 6. The molecule has 0 spiro atoms. The molecule has 2 N–H and O–H groups in total. The first-order valence-corrected chi connectivity index (χ1v) is 9.39. The van der Waals surface area contributed by atoms with Crippen molar-refractivity contribution in [2.24, 2.45) is 5.92 Å². The van der Waals surface area contributed by atoms with Crippen molar-refractivity contribution in [3.8, 4) is 0 Å². The van der Waals surface area contributed by atoms with Gasteiger partial charge in [0.2, 0.25) is 0 Å². The summed E-state index contributed by atoms with van der Waals surface area (Å²) in [6.45, 7) is 8.58. The van der Waals surface area contributed by atoms with Crippen molar-refractivity contribution >= 4 is 23.0 Å². The number of hydrogen-bond donors (Lipinski definition) is 2. The summed E-state index contributed by atoms with van der Waals surface area (Å²) in [6.07, 6.45) is 3.82. The average Bonchev–Trinajstić information content (AvgIpc) is 2.93. The lowest BCUT2D eigenvalue weighted by molar-refractivity contribution is 0.208. The molecule has 0 saturated carbocycles. The zero-order chi connectivity index (χ0) is 17.1. The molecule has 0 radical (unpaired) electrons. The quantitative estimate of drug-likeness (QED) is 0.867. The Bertz CT molecular complexity index is 687. The van der Waals surface area contributed by atoms with Crippen LogP contribution < -0.4 is 10.2 Å². The average molecular weight is 346 g/mol. The monoisotopic (exact) mass is 346 g/mol. The number of anilines is 2. The third-order valence-corrected chi connectivity index (χ3v) is 5.65. The number of nitrogens with zero attached hydrogens (tertiary/aromatic N) is 3. The highest BCUT2D eigenvalue weighted by Gasteiger charge is 2.21. The van der Waals surface area contributed by atoms with Gasteiger partial charge >= 0.3 is 0 Å². The van der Waals surface area contributed by atoms with E-state index in [1.165, 1.54) is 15.3 Å². The van der Waals surface area contributed by atoms with Crippen molar-refractivity contribution < 1.29 is 5.11 Å². The van der Waals surface area contributed by atoms with Crippen LogP contribution in [-0.2, 0) is 0 Å². The second-order valence-electron chi connectivity index (χ2n) is 6.63. The Morgan fingerprint density at radius 3 is 2.92 bits per heavy atom. The number of piperidine rings is 1. The zero-order valence-corrected chi connectivity index (χ0v) is 15.4. The predicted molar refractivity (Wildman–Crippen MR) is 99.9 cm³/mol. The number of thiophene rings is 1. The van der Waals surface area contributed by atoms with Crippen molar-refractivity contribution in [2.45, 2.75) is 39.7 Å². The summed E-state index contributed by atoms with van der Waals surface area (Å²) in [7, 11) is 0. The Hall–Kier alpha value is -1.66. The Morgan fingerprint density at radius 2 is 2.21 bits per heavy atom. The number of aliphatic hydroxyl groups is 1. The molecule has 0 aromatic carbocycles. The highest BCUT2D eigenvalue weighted by Crippen LogP contribution is 2.29. The van der Waals surface area contributed by atoms with Gasteiger partial charge in [-0.3, -0.25) is 0 Å². The first kappa shape index (κ1) is 17.2. The van der Waals surface area contributed by atoms with Gasteiger partial charge in [-0.2, -0.15) is 0 Å². The molecule has 2 unspecified atom stereocenters. The molecule has 1 fully saturated rings. The van der Waals surface area contributed by atoms with E-state index in [9.17, 15) is 5.11 Å². The largest absolute Gasteiger partial charge is 0.396 e. The first-order valence-electron chi connectivity index (χ1n) is 8.58. The summed E-state index contributed by atoms with van der Waals surface area (Å²) < 4.78 is 0. The molecule has 5 nitrogen and oxygen atoms in total. The number of aromatic nitrogens is 2. The molecule has 130 valence electrons. The van der Waals surface area contributed by atoms with Crippen molar-refractivity contribution in [1.29, 1.82) is 0 Å². The smallest absolute Gasteiger partial charge is 0.134 e. The van der Waals surface area contributed by atoms with E-state index in [4.69, 9.17) is 0 Å². The first-order chi connectivity index (χ1) is 11.6. The molecule has 0 amide bonds. The van der Waals surface area contributed by atoms with Gasteiger partial charge in [-0.25, -0.2) is 9.97 Å². The van der Waals surface area contributed by atoms with E-state index in [1.807, 2.05) is 17.4 Å². The number of aliphatic hydroxyl groups excluding tert-OH is 1. The standard InChI is InChI=1S/C18H26N4OS/c1-12-7-16(14(3)24-12)13(2)21-17-8-18(20-11-19-17)22-6-4-5-15(9-22)10-23/h7-8,11,13,15,23H,4-6,9-10H2,1-3H3,(H,19,20,21). The van der Waals surface area contributed by atoms with E-state index >= 15 is 0 Å². The maximum Gasteiger partial charge on any atom is 0.134 e. The van der Waals surface area contributed by atoms with Gasteiger partial charge in [0.05, 0.1) is 6.04 Å². The van der Waals surface area contributed by atoms with Crippen LogP contribution in [-0.4, -0.2) is 34.8 Å². The molecule has 24 heavy (non-hydrogen) atoms. The maximum absolute atomic E-state index is 9.41. The lowest BCUT2D eigenvalue weighted by Gasteiger charge is -2.32. The normalized spacial score (nSPS) is 19.3. The Kier molecular flexibility index (Phi) is 5.36. The minimum Gasteiger partial charge on any atom is -0.396 e. The maximum atomic E-state index is 9.41. The minimum atomic E-state index is 0.212. The molecule has 6 heteroatoms. The fourth-order valence-electron chi connectivity index (χ4n) is 3.40. The van der Waals surface area contributed by atoms with E-state index in [1.54, 1.807) is 6.33 Å². The third-order valence-electron chi connectivity index (χ3n) is 4.66. The minimum absolute atomic E-state index is 0.212. The van der Waals surface area contributed by atoms with Gasteiger partial charge in [-0.05, 0) is 51.2 Å². The molecule has 1 aliphatic rings. The Morgan fingerprint density at radius 1 is 1.38 bits per heavy atom. The molecule has 3 heterocycles. The lowest BCUT2D eigenvalue weighted by atomic mass is 9.99. The van der Waals surface area contributed by atoms with Crippen molar-refractivity contribution in [1.82, 2.24) is 9.97 Å². The molecule has 2 aromatic rings. The summed E-state index contributed by atoms with van der Waals surface area (Å²) in [6, 6.07) is 4.48. The van der Waals surface area contributed by atoms with Gasteiger partial charge in [0.15, 0.2) is 0 Å². The third kappa shape index (κ3) is 3.87. The molecule has 1 saturated heterocycles. The number of rotatable bonds is 5. The molecule has 2 aromatic heterocycles. The van der Waals surface area contributed by atoms with E-state index in [0.717, 1.165) is 37.6 Å². The van der Waals surface area contributed by atoms with Crippen LogP contribution in [0.4, 0.5) is 11.6 Å². The summed E-state index contributed by atoms with van der Waals surface area (Å²) in [5, 5.41) is 12.9. The van der Waals surface area contributed by atoms with E-state index < -0.39 is 0 Å². The summed E-state index contributed by atoms with van der Waals surface area (Å²) in [4.78, 5) is 13.7. The van der Waals surface area contributed by atoms with Crippen LogP contribution in [0.15, 0.2) is 18.5 Å². The Labute approximate surface area is 147 Å². The van der Waals surface area contributed by atoms with E-state index in [2.05, 4.69) is 47.0 Å². The van der Waals surface area contributed by atoms with Crippen LogP contribution >= 0.6 is 11.3 Å². The lowest BCUT2D eigenvalue weighted by Crippen LogP contribution is -2.37. The molecule has 0 bridgehead atoms. The fourth-order valence-corrected chi connectivity index (χ4v) is 4.42. The highest BCUT2D eigenvalue weighted by atomic mass is 32.1. The van der Waals surface area contributed by atoms with Crippen LogP contribution in [0.5, 0.6) is 0 Å². The van der Waals surface area contributed by atoms with E-state index in [-0.39, 0.29) is 12.6 Å². The zero-order valence-electron chi connectivity index (χ0n) is 14.6. The second kappa shape index (κ2) is 7.49. The van der Waals surface area contributed by atoms with Crippen LogP contribution in [0.2, 0.25) is 0 Å². The van der Waals surface area contributed by atoms with Crippen LogP contribution in [0.3, 0.4) is 0 Å². The second-order valence-corrected chi connectivity index (χ2v) is 8.09.